The molecule has 1 atom stereocenters. The topological polar surface area (TPSA) is 65.7 Å². The van der Waals surface area contributed by atoms with Gasteiger partial charge >= 0.3 is 0 Å². The van der Waals surface area contributed by atoms with Crippen molar-refractivity contribution < 1.29 is 4.74 Å². The fourth-order valence-electron chi connectivity index (χ4n) is 3.42. The smallest absolute Gasteiger partial charge is 0.197 e. The molecular weight excluding hydrogens is 410 g/mol. The van der Waals surface area contributed by atoms with Gasteiger partial charge in [-0.15, -0.1) is 32.9 Å². The number of hydrogen-bond donors (Lipinski definition) is 0. The molecule has 0 aromatic carbocycles. The van der Waals surface area contributed by atoms with Gasteiger partial charge in [-0.05, 0) is 55.5 Å². The maximum absolute atomic E-state index is 5.89. The Hall–Kier alpha value is -1.81. The van der Waals surface area contributed by atoms with Gasteiger partial charge in [0.05, 0.1) is 17.5 Å². The molecule has 4 aromatic rings. The van der Waals surface area contributed by atoms with Crippen molar-refractivity contribution in [2.45, 2.75) is 49.5 Å². The van der Waals surface area contributed by atoms with Crippen LogP contribution in [0.2, 0.25) is 0 Å². The lowest BCUT2D eigenvalue weighted by molar-refractivity contribution is 0.0953. The summed E-state index contributed by atoms with van der Waals surface area (Å²) in [6, 6.07) is 4.13. The maximum atomic E-state index is 5.89. The number of aromatic nitrogens is 5. The molecule has 5 rings (SSSR count). The van der Waals surface area contributed by atoms with E-state index in [2.05, 4.69) is 50.0 Å². The SMILES string of the molecule is Cc1sc2ncnc(Sc3nnc(-c4cccs4)n3C[C@H]3CCCO3)c2c1C. The van der Waals surface area contributed by atoms with Crippen LogP contribution in [0.25, 0.3) is 20.9 Å². The summed E-state index contributed by atoms with van der Waals surface area (Å²) in [6.07, 6.45) is 4.04. The molecule has 6 nitrogen and oxygen atoms in total. The number of rotatable bonds is 5. The number of fused-ring (bicyclic) bond motifs is 1. The van der Waals surface area contributed by atoms with Crippen molar-refractivity contribution >= 4 is 44.7 Å². The minimum atomic E-state index is 0.213. The maximum Gasteiger partial charge on any atom is 0.197 e. The van der Waals surface area contributed by atoms with E-state index < -0.39 is 0 Å². The third-order valence-electron chi connectivity index (χ3n) is 4.99. The Labute approximate surface area is 175 Å². The predicted molar refractivity (Wildman–Crippen MR) is 113 cm³/mol. The molecule has 0 bridgehead atoms. The summed E-state index contributed by atoms with van der Waals surface area (Å²) >= 11 is 4.96. The second-order valence-electron chi connectivity index (χ2n) is 6.77. The lowest BCUT2D eigenvalue weighted by Crippen LogP contribution is -2.16. The molecule has 0 amide bonds. The summed E-state index contributed by atoms with van der Waals surface area (Å²) in [4.78, 5) is 12.4. The molecule has 4 aromatic heterocycles. The van der Waals surface area contributed by atoms with Gasteiger partial charge in [0.15, 0.2) is 11.0 Å². The number of ether oxygens (including phenoxy) is 1. The van der Waals surface area contributed by atoms with E-state index in [1.165, 1.54) is 10.4 Å². The summed E-state index contributed by atoms with van der Waals surface area (Å²) < 4.78 is 8.08. The third-order valence-corrected chi connectivity index (χ3v) is 7.96. The Morgan fingerprint density at radius 1 is 1.29 bits per heavy atom. The number of hydrogen-bond acceptors (Lipinski definition) is 8. The Balaban J connectivity index is 1.57. The minimum Gasteiger partial charge on any atom is -0.376 e. The summed E-state index contributed by atoms with van der Waals surface area (Å²) in [5.41, 5.74) is 1.24. The molecule has 0 unspecified atom stereocenters. The largest absolute Gasteiger partial charge is 0.376 e. The van der Waals surface area contributed by atoms with E-state index in [9.17, 15) is 0 Å². The highest BCUT2D eigenvalue weighted by Gasteiger charge is 2.23. The Kier molecular flexibility index (Phi) is 4.92. The van der Waals surface area contributed by atoms with Crippen molar-refractivity contribution in [3.05, 3.63) is 34.3 Å². The molecule has 0 spiro atoms. The molecule has 0 saturated carbocycles. The van der Waals surface area contributed by atoms with Crippen LogP contribution >= 0.6 is 34.4 Å². The molecule has 144 valence electrons. The van der Waals surface area contributed by atoms with Gasteiger partial charge in [-0.3, -0.25) is 4.57 Å². The van der Waals surface area contributed by atoms with E-state index in [1.54, 1.807) is 40.8 Å². The Bertz CT molecular complexity index is 1110. The second kappa shape index (κ2) is 7.55. The molecule has 5 heterocycles. The van der Waals surface area contributed by atoms with E-state index in [4.69, 9.17) is 4.74 Å². The molecule has 9 heteroatoms. The first-order valence-electron chi connectivity index (χ1n) is 9.18. The van der Waals surface area contributed by atoms with Crippen LogP contribution in [0.4, 0.5) is 0 Å². The quantitative estimate of drug-likeness (QED) is 0.418. The van der Waals surface area contributed by atoms with Gasteiger partial charge in [-0.1, -0.05) is 6.07 Å². The standard InChI is InChI=1S/C19H19N5OS3/c1-11-12(2)27-17-15(11)18(21-10-20-17)28-19-23-22-16(14-6-4-8-26-14)24(19)9-13-5-3-7-25-13/h4,6,8,10,13H,3,5,7,9H2,1-2H3/t13-/m1/s1. The summed E-state index contributed by atoms with van der Waals surface area (Å²) in [6.45, 7) is 5.86. The van der Waals surface area contributed by atoms with Crippen molar-refractivity contribution in [3.8, 4) is 10.7 Å². The normalized spacial score (nSPS) is 17.0. The number of aryl methyl sites for hydroxylation is 2. The summed E-state index contributed by atoms with van der Waals surface area (Å²) in [5, 5.41) is 14.0. The molecule has 1 saturated heterocycles. The monoisotopic (exact) mass is 429 g/mol. The molecule has 0 N–H and O–H groups in total. The third kappa shape index (κ3) is 3.26. The Morgan fingerprint density at radius 2 is 2.21 bits per heavy atom. The van der Waals surface area contributed by atoms with E-state index in [-0.39, 0.29) is 6.10 Å². The lowest BCUT2D eigenvalue weighted by Gasteiger charge is -2.14. The van der Waals surface area contributed by atoms with Gasteiger partial charge in [-0.2, -0.15) is 0 Å². The lowest BCUT2D eigenvalue weighted by atomic mass is 10.2. The van der Waals surface area contributed by atoms with Crippen LogP contribution in [0.5, 0.6) is 0 Å². The van der Waals surface area contributed by atoms with Crippen LogP contribution in [0.1, 0.15) is 23.3 Å². The van der Waals surface area contributed by atoms with Crippen molar-refractivity contribution in [1.82, 2.24) is 24.7 Å². The van der Waals surface area contributed by atoms with Crippen LogP contribution in [0.3, 0.4) is 0 Å². The second-order valence-corrected chi connectivity index (χ2v) is 9.88. The zero-order chi connectivity index (χ0) is 19.1. The molecule has 1 aliphatic heterocycles. The highest BCUT2D eigenvalue weighted by Crippen LogP contribution is 2.38. The van der Waals surface area contributed by atoms with E-state index in [1.807, 2.05) is 6.07 Å². The Morgan fingerprint density at radius 3 is 3.00 bits per heavy atom. The molecule has 28 heavy (non-hydrogen) atoms. The fraction of sp³-hybridized carbons (Fsp3) is 0.368. The molecular formula is C19H19N5OS3. The van der Waals surface area contributed by atoms with Crippen molar-refractivity contribution in [2.75, 3.05) is 6.61 Å². The summed E-state index contributed by atoms with van der Waals surface area (Å²) in [7, 11) is 0. The minimum absolute atomic E-state index is 0.213. The average Bonchev–Trinajstić information content (AvgIpc) is 3.46. The van der Waals surface area contributed by atoms with Gasteiger partial charge in [-0.25, -0.2) is 9.97 Å². The molecule has 0 radical (unpaired) electrons. The van der Waals surface area contributed by atoms with Crippen molar-refractivity contribution in [3.63, 3.8) is 0 Å². The van der Waals surface area contributed by atoms with Crippen molar-refractivity contribution in [2.24, 2.45) is 0 Å². The van der Waals surface area contributed by atoms with Crippen LogP contribution in [0.15, 0.2) is 34.0 Å². The van der Waals surface area contributed by atoms with Crippen LogP contribution in [-0.2, 0) is 11.3 Å². The van der Waals surface area contributed by atoms with Crippen LogP contribution < -0.4 is 0 Å². The zero-order valence-corrected chi connectivity index (χ0v) is 18.0. The van der Waals surface area contributed by atoms with Gasteiger partial charge in [0.1, 0.15) is 16.2 Å². The molecule has 1 fully saturated rings. The zero-order valence-electron chi connectivity index (χ0n) is 15.6. The van der Waals surface area contributed by atoms with Crippen molar-refractivity contribution in [1.29, 1.82) is 0 Å². The fourth-order valence-corrected chi connectivity index (χ4v) is 6.18. The van der Waals surface area contributed by atoms with Gasteiger partial charge in [0.25, 0.3) is 0 Å². The van der Waals surface area contributed by atoms with E-state index >= 15 is 0 Å². The highest BCUT2D eigenvalue weighted by molar-refractivity contribution is 7.99. The first-order valence-corrected chi connectivity index (χ1v) is 11.7. The van der Waals surface area contributed by atoms with Gasteiger partial charge in [0, 0.05) is 16.9 Å². The average molecular weight is 430 g/mol. The van der Waals surface area contributed by atoms with E-state index in [0.717, 1.165) is 57.1 Å². The first-order chi connectivity index (χ1) is 13.7. The van der Waals surface area contributed by atoms with Gasteiger partial charge in [0.2, 0.25) is 0 Å². The molecule has 1 aliphatic rings. The first kappa shape index (κ1) is 18.2. The van der Waals surface area contributed by atoms with Gasteiger partial charge < -0.3 is 4.74 Å². The van der Waals surface area contributed by atoms with Crippen LogP contribution in [0, 0.1) is 13.8 Å². The number of thiophene rings is 2. The predicted octanol–water partition coefficient (Wildman–Crippen LogP) is 4.96. The summed E-state index contributed by atoms with van der Waals surface area (Å²) in [5.74, 6) is 0.900. The molecule has 0 aliphatic carbocycles. The van der Waals surface area contributed by atoms with E-state index in [0.29, 0.717) is 0 Å². The number of nitrogens with zero attached hydrogens (tertiary/aromatic N) is 5. The highest BCUT2D eigenvalue weighted by atomic mass is 32.2. The van der Waals surface area contributed by atoms with Crippen LogP contribution in [-0.4, -0.2) is 37.4 Å².